The zero-order valence-corrected chi connectivity index (χ0v) is 14.2. The number of benzene rings is 1. The average Bonchev–Trinajstić information content (AvgIpc) is 2.60. The predicted octanol–water partition coefficient (Wildman–Crippen LogP) is 3.11. The van der Waals surface area contributed by atoms with Gasteiger partial charge in [0.15, 0.2) is 0 Å². The van der Waals surface area contributed by atoms with Gasteiger partial charge in [0.05, 0.1) is 19.1 Å². The van der Waals surface area contributed by atoms with Gasteiger partial charge in [-0.3, -0.25) is 10.1 Å². The standard InChI is InChI=1S/C18H18N2O5/c1-12-9-16(24-2)17(20(22)23)15(19-12)11-14(18(21)25-3)10-13-7-5-4-6-8-13/h4-9,11H,10H2,1-3H3/b14-11-. The summed E-state index contributed by atoms with van der Waals surface area (Å²) in [6, 6.07) is 10.7. The average molecular weight is 342 g/mol. The minimum Gasteiger partial charge on any atom is -0.490 e. The highest BCUT2D eigenvalue weighted by Gasteiger charge is 2.23. The number of aromatic nitrogens is 1. The van der Waals surface area contributed by atoms with Crippen molar-refractivity contribution in [1.29, 1.82) is 0 Å². The Morgan fingerprint density at radius 2 is 1.96 bits per heavy atom. The fourth-order valence-corrected chi connectivity index (χ4v) is 2.39. The fourth-order valence-electron chi connectivity index (χ4n) is 2.39. The lowest BCUT2D eigenvalue weighted by molar-refractivity contribution is -0.386. The summed E-state index contributed by atoms with van der Waals surface area (Å²) >= 11 is 0. The van der Waals surface area contributed by atoms with Crippen molar-refractivity contribution in [3.05, 3.63) is 69.0 Å². The van der Waals surface area contributed by atoms with Crippen LogP contribution in [0.3, 0.4) is 0 Å². The zero-order valence-electron chi connectivity index (χ0n) is 14.2. The topological polar surface area (TPSA) is 91.6 Å². The molecule has 0 aliphatic heterocycles. The third-order valence-corrected chi connectivity index (χ3v) is 3.51. The summed E-state index contributed by atoms with van der Waals surface area (Å²) in [5.74, 6) is -0.479. The van der Waals surface area contributed by atoms with Gasteiger partial charge in [-0.25, -0.2) is 9.78 Å². The van der Waals surface area contributed by atoms with Crippen molar-refractivity contribution in [1.82, 2.24) is 4.98 Å². The summed E-state index contributed by atoms with van der Waals surface area (Å²) in [5, 5.41) is 11.4. The summed E-state index contributed by atoms with van der Waals surface area (Å²) in [6.45, 7) is 1.69. The van der Waals surface area contributed by atoms with Gasteiger partial charge in [-0.1, -0.05) is 30.3 Å². The van der Waals surface area contributed by atoms with E-state index in [1.54, 1.807) is 6.92 Å². The monoisotopic (exact) mass is 342 g/mol. The van der Waals surface area contributed by atoms with Crippen molar-refractivity contribution in [2.24, 2.45) is 0 Å². The van der Waals surface area contributed by atoms with Crippen LogP contribution in [0.5, 0.6) is 5.75 Å². The number of hydrogen-bond acceptors (Lipinski definition) is 6. The van der Waals surface area contributed by atoms with Crippen LogP contribution in [-0.2, 0) is 16.0 Å². The normalized spacial score (nSPS) is 11.1. The summed E-state index contributed by atoms with van der Waals surface area (Å²) in [5.41, 5.74) is 1.44. The van der Waals surface area contributed by atoms with Crippen LogP contribution in [0.2, 0.25) is 0 Å². The van der Waals surface area contributed by atoms with Crippen molar-refractivity contribution in [3.8, 4) is 5.75 Å². The highest BCUT2D eigenvalue weighted by atomic mass is 16.6. The number of hydrogen-bond donors (Lipinski definition) is 0. The van der Waals surface area contributed by atoms with Gasteiger partial charge in [0, 0.05) is 23.8 Å². The van der Waals surface area contributed by atoms with E-state index in [1.165, 1.54) is 26.4 Å². The smallest absolute Gasteiger partial charge is 0.336 e. The second-order valence-corrected chi connectivity index (χ2v) is 5.28. The lowest BCUT2D eigenvalue weighted by atomic mass is 10.0. The molecule has 0 saturated heterocycles. The Balaban J connectivity index is 2.57. The molecule has 2 rings (SSSR count). The first kappa shape index (κ1) is 18.1. The number of carbonyl (C=O) groups is 1. The number of nitrogens with zero attached hydrogens (tertiary/aromatic N) is 2. The van der Waals surface area contributed by atoms with Crippen molar-refractivity contribution < 1.29 is 19.2 Å². The van der Waals surface area contributed by atoms with Gasteiger partial charge in [-0.05, 0) is 18.6 Å². The molecule has 2 aromatic rings. The van der Waals surface area contributed by atoms with Crippen molar-refractivity contribution in [2.45, 2.75) is 13.3 Å². The summed E-state index contributed by atoms with van der Waals surface area (Å²) in [7, 11) is 2.61. The quantitative estimate of drug-likeness (QED) is 0.347. The van der Waals surface area contributed by atoms with Crippen LogP contribution < -0.4 is 4.74 Å². The van der Waals surface area contributed by atoms with Gasteiger partial charge in [-0.2, -0.15) is 0 Å². The number of methoxy groups -OCH3 is 2. The molecule has 25 heavy (non-hydrogen) atoms. The van der Waals surface area contributed by atoms with Crippen LogP contribution in [0.15, 0.2) is 42.0 Å². The molecule has 1 heterocycles. The first-order valence-electron chi connectivity index (χ1n) is 7.49. The number of carbonyl (C=O) groups excluding carboxylic acids is 1. The molecule has 0 aliphatic rings. The first-order chi connectivity index (χ1) is 12.0. The van der Waals surface area contributed by atoms with E-state index in [9.17, 15) is 14.9 Å². The van der Waals surface area contributed by atoms with Gasteiger partial charge in [0.2, 0.25) is 5.75 Å². The number of pyridine rings is 1. The van der Waals surface area contributed by atoms with Crippen LogP contribution in [0.4, 0.5) is 5.69 Å². The van der Waals surface area contributed by atoms with Crippen molar-refractivity contribution in [3.63, 3.8) is 0 Å². The van der Waals surface area contributed by atoms with E-state index in [1.807, 2.05) is 30.3 Å². The van der Waals surface area contributed by atoms with Gasteiger partial charge in [0.1, 0.15) is 5.69 Å². The Morgan fingerprint density at radius 1 is 1.28 bits per heavy atom. The minimum absolute atomic E-state index is 0.0539. The van der Waals surface area contributed by atoms with E-state index in [-0.39, 0.29) is 29.1 Å². The third kappa shape index (κ3) is 4.41. The lowest BCUT2D eigenvalue weighted by Crippen LogP contribution is -2.09. The Labute approximate surface area is 145 Å². The summed E-state index contributed by atoms with van der Waals surface area (Å²) < 4.78 is 9.90. The summed E-state index contributed by atoms with van der Waals surface area (Å²) in [4.78, 5) is 27.2. The molecule has 0 fully saturated rings. The molecule has 0 atom stereocenters. The molecular formula is C18H18N2O5. The molecule has 130 valence electrons. The molecule has 0 saturated carbocycles. The van der Waals surface area contributed by atoms with Crippen LogP contribution in [0.25, 0.3) is 6.08 Å². The molecular weight excluding hydrogens is 324 g/mol. The highest BCUT2D eigenvalue weighted by Crippen LogP contribution is 2.32. The molecule has 0 spiro atoms. The van der Waals surface area contributed by atoms with E-state index in [4.69, 9.17) is 9.47 Å². The predicted molar refractivity (Wildman–Crippen MR) is 92.3 cm³/mol. The van der Waals surface area contributed by atoms with Gasteiger partial charge in [-0.15, -0.1) is 0 Å². The maximum absolute atomic E-state index is 12.1. The second-order valence-electron chi connectivity index (χ2n) is 5.28. The molecule has 0 amide bonds. The van der Waals surface area contributed by atoms with Gasteiger partial charge >= 0.3 is 11.7 Å². The minimum atomic E-state index is -0.575. The molecule has 0 aliphatic carbocycles. The SMILES string of the molecule is COC(=O)/C(=C\c1nc(C)cc(OC)c1[N+](=O)[O-])Cc1ccccc1. The van der Waals surface area contributed by atoms with E-state index in [0.717, 1.165) is 5.56 Å². The Hall–Kier alpha value is -3.22. The fraction of sp³-hybridized carbons (Fsp3) is 0.222. The number of nitro groups is 1. The number of rotatable bonds is 6. The van der Waals surface area contributed by atoms with Crippen LogP contribution in [0.1, 0.15) is 17.0 Å². The Kier molecular flexibility index (Phi) is 5.84. The molecule has 0 radical (unpaired) electrons. The highest BCUT2D eigenvalue weighted by molar-refractivity contribution is 5.94. The molecule has 0 N–H and O–H groups in total. The summed E-state index contributed by atoms with van der Waals surface area (Å²) in [6.07, 6.45) is 1.65. The second kappa shape index (κ2) is 8.05. The Morgan fingerprint density at radius 3 is 2.52 bits per heavy atom. The van der Waals surface area contributed by atoms with Crippen LogP contribution >= 0.6 is 0 Å². The zero-order chi connectivity index (χ0) is 18.4. The number of ether oxygens (including phenoxy) is 2. The van der Waals surface area contributed by atoms with E-state index in [2.05, 4.69) is 4.98 Å². The number of aryl methyl sites for hydroxylation is 1. The van der Waals surface area contributed by atoms with E-state index in [0.29, 0.717) is 5.69 Å². The maximum Gasteiger partial charge on any atom is 0.336 e. The van der Waals surface area contributed by atoms with E-state index < -0.39 is 10.9 Å². The lowest BCUT2D eigenvalue weighted by Gasteiger charge is -2.08. The largest absolute Gasteiger partial charge is 0.490 e. The van der Waals surface area contributed by atoms with Gasteiger partial charge in [0.25, 0.3) is 0 Å². The first-order valence-corrected chi connectivity index (χ1v) is 7.49. The van der Waals surface area contributed by atoms with Crippen LogP contribution in [-0.4, -0.2) is 30.1 Å². The molecule has 1 aromatic carbocycles. The molecule has 0 bridgehead atoms. The van der Waals surface area contributed by atoms with Gasteiger partial charge < -0.3 is 9.47 Å². The van der Waals surface area contributed by atoms with Crippen LogP contribution in [0, 0.1) is 17.0 Å². The van der Waals surface area contributed by atoms with E-state index >= 15 is 0 Å². The molecule has 7 heteroatoms. The molecule has 7 nitrogen and oxygen atoms in total. The Bertz CT molecular complexity index is 816. The number of esters is 1. The van der Waals surface area contributed by atoms with Crippen molar-refractivity contribution in [2.75, 3.05) is 14.2 Å². The molecule has 1 aromatic heterocycles. The third-order valence-electron chi connectivity index (χ3n) is 3.51. The van der Waals surface area contributed by atoms with Crippen molar-refractivity contribution >= 4 is 17.7 Å². The molecule has 0 unspecified atom stereocenters. The maximum atomic E-state index is 12.1.